The number of hydrogen-bond acceptors (Lipinski definition) is 4. The summed E-state index contributed by atoms with van der Waals surface area (Å²) in [5.74, 6) is -0.375. The van der Waals surface area contributed by atoms with Gasteiger partial charge in [0.2, 0.25) is 11.2 Å². The third-order valence-electron chi connectivity index (χ3n) is 4.61. The van der Waals surface area contributed by atoms with Gasteiger partial charge in [0, 0.05) is 16.3 Å². The molecule has 0 atom stereocenters. The van der Waals surface area contributed by atoms with Gasteiger partial charge in [0.25, 0.3) is 5.91 Å². The van der Waals surface area contributed by atoms with Crippen LogP contribution < -0.4 is 15.5 Å². The Bertz CT molecular complexity index is 1330. The highest BCUT2D eigenvalue weighted by molar-refractivity contribution is 6.36. The van der Waals surface area contributed by atoms with Crippen LogP contribution in [0, 0.1) is 6.92 Å². The second-order valence-electron chi connectivity index (χ2n) is 6.91. The number of hydrogen-bond donors (Lipinski definition) is 1. The van der Waals surface area contributed by atoms with Crippen LogP contribution in [-0.2, 0) is 4.79 Å². The van der Waals surface area contributed by atoms with Crippen molar-refractivity contribution < 1.29 is 13.9 Å². The molecule has 5 nitrogen and oxygen atoms in total. The quantitative estimate of drug-likeness (QED) is 0.396. The van der Waals surface area contributed by atoms with Gasteiger partial charge >= 0.3 is 0 Å². The summed E-state index contributed by atoms with van der Waals surface area (Å²) in [5, 5.41) is 3.81. The maximum atomic E-state index is 13.1. The summed E-state index contributed by atoms with van der Waals surface area (Å²) in [6, 6.07) is 18.9. The number of carbonyl (C=O) groups excluding carboxylic acids is 1. The van der Waals surface area contributed by atoms with E-state index in [-0.39, 0.29) is 18.1 Å². The van der Waals surface area contributed by atoms with Gasteiger partial charge in [0.05, 0.1) is 10.4 Å². The number of amides is 1. The number of rotatable bonds is 5. The van der Waals surface area contributed by atoms with E-state index in [1.54, 1.807) is 54.6 Å². The first-order valence-electron chi connectivity index (χ1n) is 9.43. The molecule has 1 N–H and O–H groups in total. The van der Waals surface area contributed by atoms with Crippen molar-refractivity contribution in [2.45, 2.75) is 6.92 Å². The van der Waals surface area contributed by atoms with Crippen LogP contribution in [-0.4, -0.2) is 12.5 Å². The molecule has 0 radical (unpaired) electrons. The lowest BCUT2D eigenvalue weighted by Gasteiger charge is -2.13. The molecule has 4 aromatic rings. The standard InChI is InChI=1S/C24H17Cl2NO4/c1-14-6-9-16(10-7-14)27-21(28)13-30-24-22(29)18-4-2-3-5-20(18)31-23(24)17-11-8-15(25)12-19(17)26/h2-12H,13H2,1H3,(H,27,28). The molecule has 3 aromatic carbocycles. The van der Waals surface area contributed by atoms with Crippen molar-refractivity contribution in [3.63, 3.8) is 0 Å². The molecule has 4 rings (SSSR count). The summed E-state index contributed by atoms with van der Waals surface area (Å²) in [7, 11) is 0. The molecule has 1 heterocycles. The van der Waals surface area contributed by atoms with Gasteiger partial charge in [-0.1, -0.05) is 53.0 Å². The number of halogens is 2. The predicted octanol–water partition coefficient (Wildman–Crippen LogP) is 6.09. The topological polar surface area (TPSA) is 68.5 Å². The highest BCUT2D eigenvalue weighted by Crippen LogP contribution is 2.36. The van der Waals surface area contributed by atoms with Crippen molar-refractivity contribution in [2.75, 3.05) is 11.9 Å². The molecule has 0 saturated carbocycles. The Labute approximate surface area is 188 Å². The van der Waals surface area contributed by atoms with E-state index < -0.39 is 11.3 Å². The Kier molecular flexibility index (Phi) is 5.98. The van der Waals surface area contributed by atoms with Gasteiger partial charge in [-0.2, -0.15) is 0 Å². The second kappa shape index (κ2) is 8.84. The lowest BCUT2D eigenvalue weighted by molar-refractivity contribution is -0.118. The molecular formula is C24H17Cl2NO4. The minimum atomic E-state index is -0.412. The van der Waals surface area contributed by atoms with Crippen molar-refractivity contribution in [1.29, 1.82) is 0 Å². The fraction of sp³-hybridized carbons (Fsp3) is 0.0833. The van der Waals surface area contributed by atoms with Gasteiger partial charge < -0.3 is 14.5 Å². The molecule has 0 aliphatic heterocycles. The number of aryl methyl sites for hydroxylation is 1. The minimum Gasteiger partial charge on any atom is -0.476 e. The summed E-state index contributed by atoms with van der Waals surface area (Å²) < 4.78 is 11.6. The number of para-hydroxylation sites is 1. The first kappa shape index (κ1) is 21.0. The van der Waals surface area contributed by atoms with Crippen molar-refractivity contribution in [3.8, 4) is 17.1 Å². The van der Waals surface area contributed by atoms with Gasteiger partial charge in [0.1, 0.15) is 5.58 Å². The Hall–Kier alpha value is -3.28. The smallest absolute Gasteiger partial charge is 0.262 e. The van der Waals surface area contributed by atoms with E-state index in [1.807, 2.05) is 19.1 Å². The summed E-state index contributed by atoms with van der Waals surface area (Å²) in [4.78, 5) is 25.5. The van der Waals surface area contributed by atoms with Gasteiger partial charge in [-0.15, -0.1) is 0 Å². The Morgan fingerprint density at radius 1 is 1.03 bits per heavy atom. The highest BCUT2D eigenvalue weighted by Gasteiger charge is 2.20. The van der Waals surface area contributed by atoms with E-state index in [0.717, 1.165) is 5.56 Å². The summed E-state index contributed by atoms with van der Waals surface area (Å²) >= 11 is 12.3. The van der Waals surface area contributed by atoms with Crippen LogP contribution in [0.5, 0.6) is 5.75 Å². The number of ether oxygens (including phenoxy) is 1. The molecule has 0 spiro atoms. The van der Waals surface area contributed by atoms with E-state index in [9.17, 15) is 9.59 Å². The first-order chi connectivity index (χ1) is 14.9. The third kappa shape index (κ3) is 4.58. The van der Waals surface area contributed by atoms with Crippen LogP contribution in [0.1, 0.15) is 5.56 Å². The number of carbonyl (C=O) groups is 1. The monoisotopic (exact) mass is 453 g/mol. The lowest BCUT2D eigenvalue weighted by atomic mass is 10.1. The van der Waals surface area contributed by atoms with Crippen molar-refractivity contribution in [1.82, 2.24) is 0 Å². The minimum absolute atomic E-state index is 0.0954. The van der Waals surface area contributed by atoms with Crippen LogP contribution in [0.3, 0.4) is 0 Å². The van der Waals surface area contributed by atoms with E-state index >= 15 is 0 Å². The van der Waals surface area contributed by atoms with E-state index in [0.29, 0.717) is 32.3 Å². The zero-order valence-electron chi connectivity index (χ0n) is 16.4. The zero-order chi connectivity index (χ0) is 22.0. The van der Waals surface area contributed by atoms with Gasteiger partial charge in [-0.3, -0.25) is 9.59 Å². The van der Waals surface area contributed by atoms with Crippen molar-refractivity contribution in [3.05, 3.63) is 92.6 Å². The van der Waals surface area contributed by atoms with Crippen molar-refractivity contribution in [2.24, 2.45) is 0 Å². The molecule has 31 heavy (non-hydrogen) atoms. The SMILES string of the molecule is Cc1ccc(NC(=O)COc2c(-c3ccc(Cl)cc3Cl)oc3ccccc3c2=O)cc1. The van der Waals surface area contributed by atoms with Crippen LogP contribution in [0.15, 0.2) is 75.9 Å². The summed E-state index contributed by atoms with van der Waals surface area (Å²) in [5.41, 5.74) is 2.12. The van der Waals surface area contributed by atoms with Crippen LogP contribution in [0.4, 0.5) is 5.69 Å². The Morgan fingerprint density at radius 3 is 2.52 bits per heavy atom. The van der Waals surface area contributed by atoms with E-state index in [4.69, 9.17) is 32.4 Å². The Morgan fingerprint density at radius 2 is 1.77 bits per heavy atom. The molecule has 0 bridgehead atoms. The molecule has 156 valence electrons. The number of fused-ring (bicyclic) bond motifs is 1. The van der Waals surface area contributed by atoms with Crippen LogP contribution in [0.25, 0.3) is 22.3 Å². The van der Waals surface area contributed by atoms with E-state index in [2.05, 4.69) is 5.32 Å². The van der Waals surface area contributed by atoms with E-state index in [1.165, 1.54) is 0 Å². The summed E-state index contributed by atoms with van der Waals surface area (Å²) in [6.45, 7) is 1.58. The van der Waals surface area contributed by atoms with Crippen molar-refractivity contribution >= 4 is 45.8 Å². The molecule has 0 aliphatic carbocycles. The lowest BCUT2D eigenvalue weighted by Crippen LogP contribution is -2.22. The maximum absolute atomic E-state index is 13.1. The average molecular weight is 454 g/mol. The predicted molar refractivity (Wildman–Crippen MR) is 123 cm³/mol. The fourth-order valence-electron chi connectivity index (χ4n) is 3.08. The maximum Gasteiger partial charge on any atom is 0.262 e. The molecule has 0 saturated heterocycles. The molecule has 1 aromatic heterocycles. The fourth-order valence-corrected chi connectivity index (χ4v) is 3.57. The third-order valence-corrected chi connectivity index (χ3v) is 5.16. The number of benzene rings is 3. The molecular weight excluding hydrogens is 437 g/mol. The molecule has 1 amide bonds. The Balaban J connectivity index is 1.70. The number of nitrogens with one attached hydrogen (secondary N) is 1. The largest absolute Gasteiger partial charge is 0.476 e. The first-order valence-corrected chi connectivity index (χ1v) is 10.2. The molecule has 0 fully saturated rings. The molecule has 0 aliphatic rings. The van der Waals surface area contributed by atoms with Gasteiger partial charge in [-0.05, 0) is 49.4 Å². The summed E-state index contributed by atoms with van der Waals surface area (Å²) in [6.07, 6.45) is 0. The average Bonchev–Trinajstić information content (AvgIpc) is 2.75. The van der Waals surface area contributed by atoms with Crippen LogP contribution >= 0.6 is 23.2 Å². The normalized spacial score (nSPS) is 10.8. The second-order valence-corrected chi connectivity index (χ2v) is 7.76. The zero-order valence-corrected chi connectivity index (χ0v) is 18.0. The molecule has 7 heteroatoms. The number of anilines is 1. The highest BCUT2D eigenvalue weighted by atomic mass is 35.5. The van der Waals surface area contributed by atoms with Crippen LogP contribution in [0.2, 0.25) is 10.0 Å². The van der Waals surface area contributed by atoms with Gasteiger partial charge in [0.15, 0.2) is 12.4 Å². The van der Waals surface area contributed by atoms with Gasteiger partial charge in [-0.25, -0.2) is 0 Å². The molecule has 0 unspecified atom stereocenters.